The molecule has 6 nitrogen and oxygen atoms in total. The van der Waals surface area contributed by atoms with E-state index in [2.05, 4.69) is 15.9 Å². The molecule has 34 heavy (non-hydrogen) atoms. The van der Waals surface area contributed by atoms with Gasteiger partial charge in [-0.1, -0.05) is 52.3 Å². The maximum atomic E-state index is 13.1. The molecule has 0 saturated carbocycles. The van der Waals surface area contributed by atoms with Crippen molar-refractivity contribution in [3.8, 4) is 11.5 Å². The van der Waals surface area contributed by atoms with Crippen LogP contribution < -0.4 is 9.47 Å². The third kappa shape index (κ3) is 4.70. The second kappa shape index (κ2) is 10.1. The monoisotopic (exact) mass is 521 g/mol. The van der Waals surface area contributed by atoms with Crippen LogP contribution in [0.4, 0.5) is 0 Å². The average Bonchev–Trinajstić information content (AvgIpc) is 3.12. The summed E-state index contributed by atoms with van der Waals surface area (Å²) in [6.07, 6.45) is 0.544. The Kier molecular flexibility index (Phi) is 7.03. The van der Waals surface area contributed by atoms with Crippen molar-refractivity contribution in [1.29, 1.82) is 0 Å². The minimum absolute atomic E-state index is 0.0761. The number of ether oxygens (including phenoxy) is 2. The van der Waals surface area contributed by atoms with E-state index in [1.54, 1.807) is 50.6 Å². The standard InChI is InChI=1S/C27H24BrNO5/c1-33-21-11-3-17(4-12-21)15-16-29-24(18-7-13-22(34-2)14-8-18)23(26(31)27(29)32)25(30)19-5-9-20(28)10-6-19/h3-14,24,30H,15-16H2,1-2H3/b25-23-. The predicted molar refractivity (Wildman–Crippen MR) is 133 cm³/mol. The van der Waals surface area contributed by atoms with Crippen molar-refractivity contribution in [2.45, 2.75) is 12.5 Å². The number of halogens is 1. The summed E-state index contributed by atoms with van der Waals surface area (Å²) in [5.74, 6) is -0.119. The van der Waals surface area contributed by atoms with Gasteiger partial charge in [0.25, 0.3) is 11.7 Å². The second-order valence-corrected chi connectivity index (χ2v) is 8.79. The van der Waals surface area contributed by atoms with Gasteiger partial charge in [0.15, 0.2) is 0 Å². The molecule has 3 aromatic rings. The summed E-state index contributed by atoms with van der Waals surface area (Å²) < 4.78 is 11.3. The van der Waals surface area contributed by atoms with Gasteiger partial charge in [0, 0.05) is 16.6 Å². The number of carbonyl (C=O) groups is 2. The van der Waals surface area contributed by atoms with Gasteiger partial charge in [0.05, 0.1) is 25.8 Å². The van der Waals surface area contributed by atoms with E-state index in [-0.39, 0.29) is 11.3 Å². The number of amides is 1. The van der Waals surface area contributed by atoms with Crippen LogP contribution in [0.3, 0.4) is 0 Å². The van der Waals surface area contributed by atoms with E-state index in [1.165, 1.54) is 4.90 Å². The van der Waals surface area contributed by atoms with E-state index >= 15 is 0 Å². The van der Waals surface area contributed by atoms with Gasteiger partial charge >= 0.3 is 0 Å². The molecule has 1 heterocycles. The normalized spacial score (nSPS) is 17.1. The van der Waals surface area contributed by atoms with Crippen LogP contribution in [0.15, 0.2) is 82.8 Å². The molecule has 0 spiro atoms. The Labute approximate surface area is 206 Å². The first-order valence-electron chi connectivity index (χ1n) is 10.7. The Morgan fingerprint density at radius 2 is 1.44 bits per heavy atom. The predicted octanol–water partition coefficient (Wildman–Crippen LogP) is 5.13. The van der Waals surface area contributed by atoms with Crippen molar-refractivity contribution in [3.63, 3.8) is 0 Å². The summed E-state index contributed by atoms with van der Waals surface area (Å²) in [5.41, 5.74) is 2.26. The molecule has 4 rings (SSSR count). The molecule has 174 valence electrons. The van der Waals surface area contributed by atoms with Crippen molar-refractivity contribution >= 4 is 33.4 Å². The minimum atomic E-state index is -0.715. The van der Waals surface area contributed by atoms with Crippen molar-refractivity contribution in [3.05, 3.63) is 99.5 Å². The molecule has 3 aromatic carbocycles. The fourth-order valence-corrected chi connectivity index (χ4v) is 4.31. The van der Waals surface area contributed by atoms with Crippen molar-refractivity contribution in [1.82, 2.24) is 4.90 Å². The van der Waals surface area contributed by atoms with Crippen molar-refractivity contribution in [2.75, 3.05) is 20.8 Å². The fourth-order valence-electron chi connectivity index (χ4n) is 4.05. The third-order valence-electron chi connectivity index (χ3n) is 5.89. The molecule has 7 heteroatoms. The Hall–Kier alpha value is -3.58. The number of Topliss-reactive ketones (excluding diaryl/α,β-unsaturated/α-hetero) is 1. The number of hydrogen-bond acceptors (Lipinski definition) is 5. The number of benzene rings is 3. The first-order chi connectivity index (χ1) is 16.4. The van der Waals surface area contributed by atoms with Gasteiger partial charge in [0.2, 0.25) is 0 Å². The quantitative estimate of drug-likeness (QED) is 0.265. The van der Waals surface area contributed by atoms with Crippen LogP contribution in [-0.2, 0) is 16.0 Å². The van der Waals surface area contributed by atoms with Crippen LogP contribution in [0.2, 0.25) is 0 Å². The summed E-state index contributed by atoms with van der Waals surface area (Å²) in [7, 11) is 3.18. The summed E-state index contributed by atoms with van der Waals surface area (Å²) in [5, 5.41) is 11.1. The zero-order valence-corrected chi connectivity index (χ0v) is 20.4. The number of rotatable bonds is 7. The molecule has 1 atom stereocenters. The highest BCUT2D eigenvalue weighted by Gasteiger charge is 2.45. The first-order valence-corrected chi connectivity index (χ1v) is 11.5. The first kappa shape index (κ1) is 23.6. The van der Waals surface area contributed by atoms with Crippen molar-refractivity contribution < 1.29 is 24.2 Å². The van der Waals surface area contributed by atoms with E-state index in [9.17, 15) is 14.7 Å². The number of nitrogens with zero attached hydrogens (tertiary/aromatic N) is 1. The molecule has 0 bridgehead atoms. The zero-order chi connectivity index (χ0) is 24.2. The lowest BCUT2D eigenvalue weighted by molar-refractivity contribution is -0.139. The van der Waals surface area contributed by atoms with Crippen LogP contribution in [0.1, 0.15) is 22.7 Å². The number of methoxy groups -OCH3 is 2. The molecule has 1 aliphatic rings. The maximum absolute atomic E-state index is 13.1. The van der Waals surface area contributed by atoms with Crippen LogP contribution in [0.5, 0.6) is 11.5 Å². The highest BCUT2D eigenvalue weighted by Crippen LogP contribution is 2.40. The Morgan fingerprint density at radius 1 is 0.882 bits per heavy atom. The van der Waals surface area contributed by atoms with Gasteiger partial charge in [-0.15, -0.1) is 0 Å². The number of aliphatic hydroxyl groups is 1. The van der Waals surface area contributed by atoms with Crippen LogP contribution in [0, 0.1) is 0 Å². The van der Waals surface area contributed by atoms with Gasteiger partial charge in [-0.05, 0) is 53.9 Å². The van der Waals surface area contributed by atoms with E-state index in [1.807, 2.05) is 36.4 Å². The average molecular weight is 522 g/mol. The van der Waals surface area contributed by atoms with Crippen LogP contribution in [0.25, 0.3) is 5.76 Å². The number of hydrogen-bond donors (Lipinski definition) is 1. The molecule has 1 aliphatic heterocycles. The molecular weight excluding hydrogens is 498 g/mol. The molecule has 0 radical (unpaired) electrons. The topological polar surface area (TPSA) is 76.1 Å². The lowest BCUT2D eigenvalue weighted by atomic mass is 9.95. The van der Waals surface area contributed by atoms with E-state index in [4.69, 9.17) is 9.47 Å². The molecule has 1 saturated heterocycles. The molecule has 1 N–H and O–H groups in total. The van der Waals surface area contributed by atoms with Gasteiger partial charge in [-0.25, -0.2) is 0 Å². The lowest BCUT2D eigenvalue weighted by Crippen LogP contribution is -2.31. The molecule has 1 fully saturated rings. The number of aliphatic hydroxyl groups excluding tert-OH is 1. The van der Waals surface area contributed by atoms with E-state index in [0.717, 1.165) is 15.8 Å². The molecule has 1 unspecified atom stereocenters. The summed E-state index contributed by atoms with van der Waals surface area (Å²) in [6, 6.07) is 21.0. The van der Waals surface area contributed by atoms with E-state index in [0.29, 0.717) is 29.8 Å². The Balaban J connectivity index is 1.73. The third-order valence-corrected chi connectivity index (χ3v) is 6.42. The SMILES string of the molecule is COc1ccc(CCN2C(=O)C(=O)/C(=C(\O)c3ccc(Br)cc3)C2c2ccc(OC)cc2)cc1. The van der Waals surface area contributed by atoms with Crippen molar-refractivity contribution in [2.24, 2.45) is 0 Å². The smallest absolute Gasteiger partial charge is 0.295 e. The van der Waals surface area contributed by atoms with Gasteiger partial charge in [-0.2, -0.15) is 0 Å². The molecular formula is C27H24BrNO5. The largest absolute Gasteiger partial charge is 0.507 e. The van der Waals surface area contributed by atoms with Gasteiger partial charge in [0.1, 0.15) is 17.3 Å². The summed E-state index contributed by atoms with van der Waals surface area (Å²) >= 11 is 3.38. The lowest BCUT2D eigenvalue weighted by Gasteiger charge is -2.25. The molecule has 0 aromatic heterocycles. The highest BCUT2D eigenvalue weighted by molar-refractivity contribution is 9.10. The Bertz CT molecular complexity index is 1220. The maximum Gasteiger partial charge on any atom is 0.295 e. The second-order valence-electron chi connectivity index (χ2n) is 7.87. The minimum Gasteiger partial charge on any atom is -0.507 e. The van der Waals surface area contributed by atoms with Crippen LogP contribution in [-0.4, -0.2) is 42.5 Å². The number of ketones is 1. The zero-order valence-electron chi connectivity index (χ0n) is 18.8. The summed E-state index contributed by atoms with van der Waals surface area (Å²) in [4.78, 5) is 27.8. The van der Waals surface area contributed by atoms with Gasteiger partial charge in [-0.3, -0.25) is 9.59 Å². The number of likely N-dealkylation sites (tertiary alicyclic amines) is 1. The van der Waals surface area contributed by atoms with Crippen LogP contribution >= 0.6 is 15.9 Å². The summed E-state index contributed by atoms with van der Waals surface area (Å²) in [6.45, 7) is 0.310. The van der Waals surface area contributed by atoms with E-state index < -0.39 is 17.7 Å². The molecule has 1 amide bonds. The number of carbonyl (C=O) groups excluding carboxylic acids is 2. The highest BCUT2D eigenvalue weighted by atomic mass is 79.9. The molecule has 0 aliphatic carbocycles. The fraction of sp³-hybridized carbons (Fsp3) is 0.185. The van der Waals surface area contributed by atoms with Gasteiger partial charge < -0.3 is 19.5 Å². The Morgan fingerprint density at radius 3 is 2.00 bits per heavy atom.